The minimum Gasteiger partial charge on any atom is -0.859 e. The van der Waals surface area contributed by atoms with Crippen molar-refractivity contribution in [2.45, 2.75) is 16.7 Å². The number of benzene rings is 2. The Kier molecular flexibility index (Phi) is 8.21. The van der Waals surface area contributed by atoms with E-state index >= 15 is 0 Å². The molecule has 5 rings (SSSR count). The second-order valence-corrected chi connectivity index (χ2v) is 11.9. The van der Waals surface area contributed by atoms with E-state index in [1.165, 1.54) is 42.1 Å². The lowest BCUT2D eigenvalue weighted by Crippen LogP contribution is -2.35. The van der Waals surface area contributed by atoms with Crippen LogP contribution >= 0.6 is 35.0 Å². The van der Waals surface area contributed by atoms with Crippen molar-refractivity contribution in [1.29, 1.82) is 0 Å². The average molecular weight is 607 g/mol. The van der Waals surface area contributed by atoms with Gasteiger partial charge in [-0.3, -0.25) is 14.3 Å². The molecule has 0 aliphatic carbocycles. The summed E-state index contributed by atoms with van der Waals surface area (Å²) in [6, 6.07) is 12.6. The van der Waals surface area contributed by atoms with Crippen molar-refractivity contribution in [3.8, 4) is 11.6 Å². The molecule has 1 aliphatic rings. The number of thioether (sulfide) groups is 1. The van der Waals surface area contributed by atoms with Gasteiger partial charge in [0.2, 0.25) is 0 Å². The maximum absolute atomic E-state index is 13.0. The number of rotatable bonds is 3. The summed E-state index contributed by atoms with van der Waals surface area (Å²) >= 11 is 12.7. The first-order chi connectivity index (χ1) is 18.4. The van der Waals surface area contributed by atoms with E-state index < -0.39 is 32.7 Å². The number of fused-ring (bicyclic) bond motifs is 1. The number of halogens is 2. The summed E-state index contributed by atoms with van der Waals surface area (Å²) in [5.74, 6) is -1.01. The number of nitrogens with one attached hydrogen (secondary N) is 2. The van der Waals surface area contributed by atoms with Gasteiger partial charge in [-0.1, -0.05) is 35.0 Å². The van der Waals surface area contributed by atoms with Crippen LogP contribution in [0.4, 0.5) is 5.69 Å². The summed E-state index contributed by atoms with van der Waals surface area (Å²) in [6.07, 6.45) is 3.82. The van der Waals surface area contributed by atoms with E-state index in [-0.39, 0.29) is 20.5 Å². The fourth-order valence-electron chi connectivity index (χ4n) is 3.50. The highest BCUT2D eigenvalue weighted by Gasteiger charge is 2.29. The number of sulfonamides is 1. The number of aromatic amines is 2. The van der Waals surface area contributed by atoms with Crippen molar-refractivity contribution in [2.24, 2.45) is 4.40 Å². The third kappa shape index (κ3) is 6.04. The SMILES string of the molecule is CN(C)c1cc[nH+]cc1.Cc1cc2c(cc1Cl)SC(c1c([O-])n(-c3ccc(Cl)cc3)c(=O)[nH]c1=O)=NS2(=O)=O. The number of aromatic nitrogens is 3. The van der Waals surface area contributed by atoms with Gasteiger partial charge in [-0.15, -0.1) is 0 Å². The monoisotopic (exact) mass is 605 g/mol. The predicted octanol–water partition coefficient (Wildman–Crippen LogP) is 3.02. The van der Waals surface area contributed by atoms with E-state index in [0.717, 1.165) is 11.8 Å². The summed E-state index contributed by atoms with van der Waals surface area (Å²) in [6.45, 7) is 1.64. The number of anilines is 1. The lowest BCUT2D eigenvalue weighted by Gasteiger charge is -2.22. The van der Waals surface area contributed by atoms with Gasteiger partial charge >= 0.3 is 5.69 Å². The van der Waals surface area contributed by atoms with Crippen LogP contribution in [0.3, 0.4) is 0 Å². The fourth-order valence-corrected chi connectivity index (χ4v) is 6.61. The quantitative estimate of drug-likeness (QED) is 0.378. The van der Waals surface area contributed by atoms with E-state index in [1.54, 1.807) is 6.92 Å². The van der Waals surface area contributed by atoms with Crippen LogP contribution in [0.2, 0.25) is 10.0 Å². The molecule has 2 N–H and O–H groups in total. The third-order valence-electron chi connectivity index (χ3n) is 5.50. The van der Waals surface area contributed by atoms with Crippen LogP contribution < -0.4 is 26.2 Å². The molecule has 0 saturated heterocycles. The van der Waals surface area contributed by atoms with Gasteiger partial charge in [0.25, 0.3) is 15.6 Å². The van der Waals surface area contributed by atoms with E-state index in [2.05, 4.69) is 14.3 Å². The summed E-state index contributed by atoms with van der Waals surface area (Å²) in [4.78, 5) is 31.9. The molecule has 39 heavy (non-hydrogen) atoms. The average Bonchev–Trinajstić information content (AvgIpc) is 2.87. The smallest absolute Gasteiger partial charge is 0.332 e. The Labute approximate surface area is 237 Å². The standard InChI is InChI=1S/C18H11Cl2N3O5S2.C7H10N2/c1-8-6-13-12(7-11(8)20)29-16(22-30(13,27)28)14-15(24)21-18(26)23(17(14)25)10-4-2-9(19)3-5-10;1-9(2)7-3-5-8-6-4-7/h2-7,25H,1H3,(H,21,24,26);3-6H,1-2H3. The summed E-state index contributed by atoms with van der Waals surface area (Å²) in [5, 5.41) is 13.4. The number of H-pyrrole nitrogens is 2. The fraction of sp³-hybridized carbons (Fsp3) is 0.120. The number of pyridine rings is 1. The molecule has 0 spiro atoms. The normalized spacial score (nSPS) is 13.5. The van der Waals surface area contributed by atoms with Gasteiger partial charge in [-0.25, -0.2) is 9.78 Å². The van der Waals surface area contributed by atoms with Crippen molar-refractivity contribution in [1.82, 2.24) is 9.55 Å². The van der Waals surface area contributed by atoms with Gasteiger partial charge in [0.15, 0.2) is 12.4 Å². The van der Waals surface area contributed by atoms with E-state index in [1.807, 2.05) is 43.6 Å². The van der Waals surface area contributed by atoms with Crippen molar-refractivity contribution in [3.63, 3.8) is 0 Å². The zero-order chi connectivity index (χ0) is 28.5. The minimum absolute atomic E-state index is 0.0759. The van der Waals surface area contributed by atoms with Crippen LogP contribution in [0.25, 0.3) is 5.69 Å². The Hall–Kier alpha value is -3.58. The molecule has 0 radical (unpaired) electrons. The highest BCUT2D eigenvalue weighted by molar-refractivity contribution is 8.16. The van der Waals surface area contributed by atoms with Gasteiger partial charge in [0.05, 0.1) is 5.56 Å². The van der Waals surface area contributed by atoms with E-state index in [4.69, 9.17) is 23.2 Å². The zero-order valence-corrected chi connectivity index (χ0v) is 23.9. The van der Waals surface area contributed by atoms with Crippen molar-refractivity contribution >= 4 is 55.7 Å². The van der Waals surface area contributed by atoms with Crippen LogP contribution in [0.1, 0.15) is 11.1 Å². The Balaban J connectivity index is 0.000000333. The Morgan fingerprint density at radius 3 is 2.28 bits per heavy atom. The molecule has 0 atom stereocenters. The molecular weight excluding hydrogens is 585 g/mol. The maximum Gasteiger partial charge on any atom is 0.332 e. The molecule has 2 aromatic heterocycles. The summed E-state index contributed by atoms with van der Waals surface area (Å²) in [5.41, 5.74) is -0.681. The number of nitrogens with zero attached hydrogens (tertiary/aromatic N) is 3. The number of hydrogen-bond donors (Lipinski definition) is 1. The highest BCUT2D eigenvalue weighted by Crippen LogP contribution is 2.39. The van der Waals surface area contributed by atoms with Crippen molar-refractivity contribution < 1.29 is 18.5 Å². The van der Waals surface area contributed by atoms with E-state index in [9.17, 15) is 23.1 Å². The van der Waals surface area contributed by atoms with Crippen molar-refractivity contribution in [2.75, 3.05) is 19.0 Å². The molecule has 0 unspecified atom stereocenters. The second-order valence-electron chi connectivity index (χ2n) is 8.43. The molecule has 1 aliphatic heterocycles. The molecule has 14 heteroatoms. The van der Waals surface area contributed by atoms with Crippen molar-refractivity contribution in [3.05, 3.63) is 103 Å². The molecule has 3 heterocycles. The molecule has 2 aromatic carbocycles. The zero-order valence-electron chi connectivity index (χ0n) is 20.7. The lowest BCUT2D eigenvalue weighted by molar-refractivity contribution is -0.377. The number of hydrogen-bond acceptors (Lipinski definition) is 7. The predicted molar refractivity (Wildman–Crippen MR) is 150 cm³/mol. The maximum atomic E-state index is 13.0. The Morgan fingerprint density at radius 2 is 1.69 bits per heavy atom. The molecular formula is C25H21Cl2N5O5S2. The van der Waals surface area contributed by atoms with Gasteiger partial charge in [0, 0.05) is 52.5 Å². The molecule has 4 aromatic rings. The first kappa shape index (κ1) is 28.4. The van der Waals surface area contributed by atoms with Crippen LogP contribution in [0.5, 0.6) is 5.88 Å². The number of aryl methyl sites for hydroxylation is 1. The molecule has 0 saturated carbocycles. The van der Waals surface area contributed by atoms with Crippen LogP contribution in [-0.4, -0.2) is 37.1 Å². The summed E-state index contributed by atoms with van der Waals surface area (Å²) < 4.78 is 29.7. The van der Waals surface area contributed by atoms with Crippen LogP contribution in [-0.2, 0) is 10.0 Å². The molecule has 0 amide bonds. The van der Waals surface area contributed by atoms with Crippen LogP contribution in [0, 0.1) is 6.92 Å². The topological polar surface area (TPSA) is 142 Å². The third-order valence-corrected chi connectivity index (χ3v) is 8.76. The minimum atomic E-state index is -4.19. The van der Waals surface area contributed by atoms with Gasteiger partial charge in [-0.05, 0) is 54.8 Å². The molecule has 202 valence electrons. The van der Waals surface area contributed by atoms with Crippen LogP contribution in [0.15, 0.2) is 84.7 Å². The van der Waals surface area contributed by atoms with E-state index in [0.29, 0.717) is 20.2 Å². The summed E-state index contributed by atoms with van der Waals surface area (Å²) in [7, 11) is -0.147. The first-order valence-corrected chi connectivity index (χ1v) is 14.2. The van der Waals surface area contributed by atoms with Gasteiger partial charge < -0.3 is 10.0 Å². The molecule has 0 bridgehead atoms. The molecule has 10 nitrogen and oxygen atoms in total. The lowest BCUT2D eigenvalue weighted by atomic mass is 10.2. The Bertz CT molecular complexity index is 1800. The highest BCUT2D eigenvalue weighted by atomic mass is 35.5. The second kappa shape index (κ2) is 11.3. The Morgan fingerprint density at radius 1 is 1.05 bits per heavy atom. The van der Waals surface area contributed by atoms with Gasteiger partial charge in [0.1, 0.15) is 9.94 Å². The molecule has 0 fully saturated rings. The van der Waals surface area contributed by atoms with Gasteiger partial charge in [-0.2, -0.15) is 12.8 Å². The first-order valence-electron chi connectivity index (χ1n) is 11.2. The largest absolute Gasteiger partial charge is 0.859 e.